The van der Waals surface area contributed by atoms with Gasteiger partial charge in [-0.3, -0.25) is 4.79 Å². The van der Waals surface area contributed by atoms with E-state index in [0.717, 1.165) is 49.1 Å². The number of carbonyl (C=O) groups excluding carboxylic acids is 1. The predicted molar refractivity (Wildman–Crippen MR) is 143 cm³/mol. The topological polar surface area (TPSA) is 41.6 Å². The van der Waals surface area contributed by atoms with Crippen LogP contribution in [0.3, 0.4) is 0 Å². The number of carbonyl (C=O) groups is 1. The molecule has 0 aromatic heterocycles. The number of hydrogen-bond donors (Lipinski definition) is 1. The summed E-state index contributed by atoms with van der Waals surface area (Å²) in [7, 11) is 0. The summed E-state index contributed by atoms with van der Waals surface area (Å²) in [4.78, 5) is 16.8. The molecule has 5 heteroatoms. The van der Waals surface area contributed by atoms with Crippen molar-refractivity contribution in [1.82, 2.24) is 10.2 Å². The first kappa shape index (κ1) is 23.5. The van der Waals surface area contributed by atoms with E-state index in [1.807, 2.05) is 0 Å². The fraction of sp³-hybridized carbons (Fsp3) is 0.567. The van der Waals surface area contributed by atoms with Crippen molar-refractivity contribution in [1.29, 1.82) is 0 Å². The van der Waals surface area contributed by atoms with Gasteiger partial charge in [-0.1, -0.05) is 71.6 Å². The lowest BCUT2D eigenvalue weighted by molar-refractivity contribution is -0.143. The van der Waals surface area contributed by atoms with Gasteiger partial charge in [0.15, 0.2) is 0 Å². The molecule has 3 aliphatic heterocycles. The highest BCUT2D eigenvalue weighted by Crippen LogP contribution is 2.48. The maximum Gasteiger partial charge on any atom is 0.228 e. The molecule has 0 radical (unpaired) electrons. The molecule has 6 rings (SSSR count). The summed E-state index contributed by atoms with van der Waals surface area (Å²) >= 11 is 3.60. The molecule has 4 nitrogen and oxygen atoms in total. The third-order valence-electron chi connectivity index (χ3n) is 9.43. The highest BCUT2D eigenvalue weighted by Gasteiger charge is 2.53. The molecular formula is C30H37BrN2O2. The van der Waals surface area contributed by atoms with Crippen LogP contribution in [0.5, 0.6) is 5.75 Å². The van der Waals surface area contributed by atoms with Crippen LogP contribution in [-0.2, 0) is 10.2 Å². The van der Waals surface area contributed by atoms with Gasteiger partial charge in [-0.15, -0.1) is 0 Å². The monoisotopic (exact) mass is 536 g/mol. The average Bonchev–Trinajstić information content (AvgIpc) is 3.32. The van der Waals surface area contributed by atoms with Crippen molar-refractivity contribution in [2.24, 2.45) is 11.8 Å². The Labute approximate surface area is 217 Å². The number of hydrogen-bond acceptors (Lipinski definition) is 3. The maximum absolute atomic E-state index is 14.5. The molecule has 35 heavy (non-hydrogen) atoms. The van der Waals surface area contributed by atoms with E-state index in [1.54, 1.807) is 0 Å². The minimum Gasteiger partial charge on any atom is -0.493 e. The molecule has 2 saturated heterocycles. The van der Waals surface area contributed by atoms with Crippen LogP contribution < -0.4 is 10.1 Å². The second-order valence-electron chi connectivity index (χ2n) is 11.2. The number of rotatable bonds is 3. The summed E-state index contributed by atoms with van der Waals surface area (Å²) in [6.07, 6.45) is 9.60. The fourth-order valence-electron chi connectivity index (χ4n) is 7.60. The van der Waals surface area contributed by atoms with Crippen LogP contribution in [-0.4, -0.2) is 43.1 Å². The van der Waals surface area contributed by atoms with Crippen molar-refractivity contribution in [3.8, 4) is 5.75 Å². The number of likely N-dealkylation sites (tertiary alicyclic amines) is 1. The molecule has 1 spiro atoms. The molecule has 1 saturated carbocycles. The van der Waals surface area contributed by atoms with Crippen LogP contribution in [0.25, 0.3) is 0 Å². The van der Waals surface area contributed by atoms with Gasteiger partial charge in [-0.2, -0.15) is 0 Å². The number of ether oxygens (including phenoxy) is 1. The lowest BCUT2D eigenvalue weighted by Gasteiger charge is -2.48. The zero-order valence-electron chi connectivity index (χ0n) is 20.6. The average molecular weight is 538 g/mol. The molecule has 2 aromatic carbocycles. The molecular weight excluding hydrogens is 500 g/mol. The minimum absolute atomic E-state index is 0.0225. The van der Waals surface area contributed by atoms with Gasteiger partial charge in [0.2, 0.25) is 5.91 Å². The van der Waals surface area contributed by atoms with E-state index in [-0.39, 0.29) is 11.3 Å². The Kier molecular flexibility index (Phi) is 6.66. The quantitative estimate of drug-likeness (QED) is 0.519. The van der Waals surface area contributed by atoms with E-state index >= 15 is 0 Å². The van der Waals surface area contributed by atoms with E-state index < -0.39 is 0 Å². The summed E-state index contributed by atoms with van der Waals surface area (Å²) in [5.41, 5.74) is 2.49. The lowest BCUT2D eigenvalue weighted by Crippen LogP contribution is -2.55. The molecule has 3 heterocycles. The molecule has 1 amide bonds. The van der Waals surface area contributed by atoms with Crippen LogP contribution in [0.2, 0.25) is 0 Å². The molecule has 186 valence electrons. The van der Waals surface area contributed by atoms with Gasteiger partial charge in [0.1, 0.15) is 5.75 Å². The molecule has 1 N–H and O–H groups in total. The second kappa shape index (κ2) is 9.89. The molecule has 1 aliphatic carbocycles. The summed E-state index contributed by atoms with van der Waals surface area (Å²) < 4.78 is 7.09. The van der Waals surface area contributed by atoms with Crippen molar-refractivity contribution < 1.29 is 9.53 Å². The Hall–Kier alpha value is -1.85. The van der Waals surface area contributed by atoms with Gasteiger partial charge in [0.05, 0.1) is 12.5 Å². The van der Waals surface area contributed by atoms with Crippen LogP contribution in [0.1, 0.15) is 68.4 Å². The predicted octanol–water partition coefficient (Wildman–Crippen LogP) is 6.04. The van der Waals surface area contributed by atoms with Crippen molar-refractivity contribution >= 4 is 21.8 Å². The minimum atomic E-state index is -0.168. The first-order valence-corrected chi connectivity index (χ1v) is 14.4. The number of amides is 1. The van der Waals surface area contributed by atoms with Crippen LogP contribution in [0.4, 0.5) is 0 Å². The number of benzene rings is 2. The van der Waals surface area contributed by atoms with Gasteiger partial charge in [-0.05, 0) is 61.6 Å². The highest BCUT2D eigenvalue weighted by molar-refractivity contribution is 9.10. The smallest absolute Gasteiger partial charge is 0.228 e. The number of nitrogens with zero attached hydrogens (tertiary/aromatic N) is 1. The van der Waals surface area contributed by atoms with Gasteiger partial charge in [-0.25, -0.2) is 0 Å². The first-order valence-electron chi connectivity index (χ1n) is 13.6. The standard InChI is InChI=1S/C30H37BrN2O2/c31-24-11-12-25-28(18-24)35-16-14-30(25)20-32-19-26(30)29(34)33-15-13-23(21-7-3-1-4-8-21)17-27(33)22-9-5-2-6-10-22/h1,3-4,7-8,11-12,18,22-23,26-27,32H,2,5-6,9-10,13-17,19-20H2. The Morgan fingerprint density at radius 3 is 2.71 bits per heavy atom. The van der Waals surface area contributed by atoms with Crippen molar-refractivity contribution in [3.63, 3.8) is 0 Å². The number of piperidine rings is 1. The third-order valence-corrected chi connectivity index (χ3v) is 9.93. The third kappa shape index (κ3) is 4.33. The maximum atomic E-state index is 14.5. The Morgan fingerprint density at radius 1 is 1.06 bits per heavy atom. The van der Waals surface area contributed by atoms with Gasteiger partial charge in [0, 0.05) is 41.1 Å². The lowest BCUT2D eigenvalue weighted by atomic mass is 9.67. The molecule has 3 fully saturated rings. The Balaban J connectivity index is 1.30. The number of nitrogens with one attached hydrogen (secondary N) is 1. The first-order chi connectivity index (χ1) is 17.2. The van der Waals surface area contributed by atoms with E-state index in [9.17, 15) is 4.79 Å². The van der Waals surface area contributed by atoms with Gasteiger partial charge < -0.3 is 15.0 Å². The summed E-state index contributed by atoms with van der Waals surface area (Å²) in [5.74, 6) is 2.50. The van der Waals surface area contributed by atoms with Gasteiger partial charge >= 0.3 is 0 Å². The normalized spacial score (nSPS) is 31.2. The van der Waals surface area contributed by atoms with Crippen LogP contribution >= 0.6 is 15.9 Å². The Bertz CT molecular complexity index is 1050. The summed E-state index contributed by atoms with van der Waals surface area (Å²) in [6.45, 7) is 3.19. The molecule has 4 unspecified atom stereocenters. The van der Waals surface area contributed by atoms with Crippen molar-refractivity contribution in [2.45, 2.75) is 68.7 Å². The van der Waals surface area contributed by atoms with E-state index in [2.05, 4.69) is 74.7 Å². The van der Waals surface area contributed by atoms with Crippen molar-refractivity contribution in [3.05, 3.63) is 64.1 Å². The van der Waals surface area contributed by atoms with E-state index in [1.165, 1.54) is 43.2 Å². The zero-order chi connectivity index (χ0) is 23.8. The molecule has 4 atom stereocenters. The van der Waals surface area contributed by atoms with Crippen molar-refractivity contribution in [2.75, 3.05) is 26.2 Å². The van der Waals surface area contributed by atoms with Gasteiger partial charge in [0.25, 0.3) is 0 Å². The van der Waals surface area contributed by atoms with Crippen LogP contribution in [0, 0.1) is 11.8 Å². The van der Waals surface area contributed by atoms with E-state index in [0.29, 0.717) is 30.4 Å². The number of fused-ring (bicyclic) bond motifs is 2. The highest BCUT2D eigenvalue weighted by atomic mass is 79.9. The Morgan fingerprint density at radius 2 is 1.89 bits per heavy atom. The summed E-state index contributed by atoms with van der Waals surface area (Å²) in [5, 5.41) is 3.62. The molecule has 2 aromatic rings. The second-order valence-corrected chi connectivity index (χ2v) is 12.1. The number of halogens is 1. The zero-order valence-corrected chi connectivity index (χ0v) is 22.1. The summed E-state index contributed by atoms with van der Waals surface area (Å²) in [6, 6.07) is 17.7. The SMILES string of the molecule is O=C(C1CNCC12CCOc1cc(Br)ccc12)N1CCC(c2ccccc2)CC1C1CCCCC1. The molecule has 4 aliphatic rings. The van der Waals surface area contributed by atoms with Crippen LogP contribution in [0.15, 0.2) is 53.0 Å². The van der Waals surface area contributed by atoms with E-state index in [4.69, 9.17) is 4.74 Å². The largest absolute Gasteiger partial charge is 0.493 e. The molecule has 0 bridgehead atoms. The fourth-order valence-corrected chi connectivity index (χ4v) is 7.94.